The van der Waals surface area contributed by atoms with Crippen molar-refractivity contribution in [2.45, 2.75) is 32.6 Å². The number of aromatic nitrogens is 1. The molecule has 5 nitrogen and oxygen atoms in total. The van der Waals surface area contributed by atoms with E-state index >= 15 is 0 Å². The lowest BCUT2D eigenvalue weighted by Gasteiger charge is -2.33. The topological polar surface area (TPSA) is 57.4 Å². The highest BCUT2D eigenvalue weighted by atomic mass is 127. The number of nitrogens with zero attached hydrogens (tertiary/aromatic N) is 1. The Hall–Kier alpha value is -1.93. The van der Waals surface area contributed by atoms with Gasteiger partial charge in [0.05, 0.1) is 0 Å². The first-order chi connectivity index (χ1) is 14.1. The van der Waals surface area contributed by atoms with Gasteiger partial charge in [0.15, 0.2) is 3.69 Å². The van der Waals surface area contributed by atoms with Crippen molar-refractivity contribution in [1.29, 1.82) is 0 Å². The zero-order valence-corrected chi connectivity index (χ0v) is 19.1. The van der Waals surface area contributed by atoms with Crippen LogP contribution < -0.4 is 5.32 Å². The quantitative estimate of drug-likeness (QED) is 0.510. The number of aromatic amines is 1. The second-order valence-corrected chi connectivity index (χ2v) is 10.5. The maximum absolute atomic E-state index is 12.3. The lowest BCUT2D eigenvalue weighted by atomic mass is 9.89. The molecule has 1 fully saturated rings. The lowest BCUT2D eigenvalue weighted by molar-refractivity contribution is 0.192. The summed E-state index contributed by atoms with van der Waals surface area (Å²) >= 11 is -0.349. The largest absolute Gasteiger partial charge is 0.417 e. The van der Waals surface area contributed by atoms with Gasteiger partial charge in [-0.05, 0) is 92.4 Å². The molecule has 2 aromatic rings. The number of benzene rings is 1. The maximum atomic E-state index is 12.3. The zero-order chi connectivity index (χ0) is 20.2. The molecule has 0 atom stereocenters. The number of carbonyl (C=O) groups excluding carboxylic acids is 1. The van der Waals surface area contributed by atoms with Gasteiger partial charge < -0.3 is 14.6 Å². The van der Waals surface area contributed by atoms with Crippen molar-refractivity contribution in [3.8, 4) is 0 Å². The molecule has 0 unspecified atom stereocenters. The number of H-pyrrole nitrogens is 1. The maximum Gasteiger partial charge on any atom is 0.417 e. The molecule has 1 aromatic carbocycles. The monoisotopic (exact) mass is 505 g/mol. The fraction of sp³-hybridized carbons (Fsp3) is 0.391. The highest BCUT2D eigenvalue weighted by Crippen LogP contribution is 2.34. The standard InChI is InChI=1S/C23H28IN3O2/c1-16(2)15-27-11-8-17(9-12-27)20-14-25-21-7-6-18(13-19(20)21)26-23(28)29-22-5-3-4-10-24-22/h3-7,10,13-14,16-17,25H,8-9,11-12,15H2,1-2H3,(H,26,28). The van der Waals surface area contributed by atoms with E-state index in [4.69, 9.17) is 4.74 Å². The van der Waals surface area contributed by atoms with Crippen LogP contribution in [0, 0.1) is 5.92 Å². The fourth-order valence-corrected chi connectivity index (χ4v) is 5.64. The van der Waals surface area contributed by atoms with Gasteiger partial charge in [0.2, 0.25) is 0 Å². The Labute approximate surface area is 181 Å². The Bertz CT molecular complexity index is 966. The average Bonchev–Trinajstić information content (AvgIpc) is 3.12. The van der Waals surface area contributed by atoms with E-state index in [-0.39, 0.29) is 20.7 Å². The van der Waals surface area contributed by atoms with Crippen molar-refractivity contribution < 1.29 is 9.53 Å². The van der Waals surface area contributed by atoms with Crippen molar-refractivity contribution in [3.05, 3.63) is 52.3 Å². The van der Waals surface area contributed by atoms with Gasteiger partial charge in [-0.3, -0.25) is 5.32 Å². The molecule has 6 heteroatoms. The molecule has 1 aromatic heterocycles. The summed E-state index contributed by atoms with van der Waals surface area (Å²) in [5, 5.41) is 4.09. The van der Waals surface area contributed by atoms with Gasteiger partial charge in [-0.1, -0.05) is 26.0 Å². The van der Waals surface area contributed by atoms with Crippen molar-refractivity contribution in [2.75, 3.05) is 25.0 Å². The van der Waals surface area contributed by atoms with Crippen molar-refractivity contribution >= 4 is 47.1 Å². The van der Waals surface area contributed by atoms with E-state index in [1.54, 1.807) is 0 Å². The Morgan fingerprint density at radius 2 is 2.14 bits per heavy atom. The number of fused-ring (bicyclic) bond motifs is 1. The molecule has 2 aliphatic heterocycles. The van der Waals surface area contributed by atoms with E-state index in [2.05, 4.69) is 45.4 Å². The van der Waals surface area contributed by atoms with E-state index in [1.807, 2.05) is 30.4 Å². The molecule has 1 amide bonds. The number of hydrogen-bond acceptors (Lipinski definition) is 3. The smallest absolute Gasteiger partial charge is 0.404 e. The summed E-state index contributed by atoms with van der Waals surface area (Å²) in [6.07, 6.45) is 9.85. The van der Waals surface area contributed by atoms with Gasteiger partial charge in [-0.25, -0.2) is 4.79 Å². The molecule has 2 aliphatic rings. The molecule has 2 N–H and O–H groups in total. The van der Waals surface area contributed by atoms with Crippen molar-refractivity contribution in [3.63, 3.8) is 0 Å². The molecule has 0 radical (unpaired) electrons. The number of rotatable bonds is 5. The zero-order valence-electron chi connectivity index (χ0n) is 17.0. The van der Waals surface area contributed by atoms with Crippen molar-refractivity contribution in [2.24, 2.45) is 5.92 Å². The Kier molecular flexibility index (Phi) is 6.50. The summed E-state index contributed by atoms with van der Waals surface area (Å²) in [6, 6.07) is 6.02. The van der Waals surface area contributed by atoms with Gasteiger partial charge >= 0.3 is 6.09 Å². The van der Waals surface area contributed by atoms with Crippen LogP contribution in [-0.2, 0) is 4.74 Å². The van der Waals surface area contributed by atoms with Crippen LogP contribution in [0.5, 0.6) is 0 Å². The third kappa shape index (κ3) is 5.17. The van der Waals surface area contributed by atoms with E-state index in [0.717, 1.165) is 28.0 Å². The number of carbonyl (C=O) groups is 1. The van der Waals surface area contributed by atoms with Gasteiger partial charge in [-0.15, -0.1) is 0 Å². The number of ether oxygens (including phenoxy) is 1. The molecule has 4 rings (SSSR count). The lowest BCUT2D eigenvalue weighted by Crippen LogP contribution is -2.35. The summed E-state index contributed by atoms with van der Waals surface area (Å²) < 4.78 is 8.28. The molecule has 3 heterocycles. The van der Waals surface area contributed by atoms with Crippen LogP contribution in [0.15, 0.2) is 46.7 Å². The molecule has 154 valence electrons. The second-order valence-electron chi connectivity index (χ2n) is 8.08. The molecular formula is C23H28IN3O2. The van der Waals surface area contributed by atoms with Gasteiger partial charge in [0.25, 0.3) is 0 Å². The second kappa shape index (κ2) is 9.26. The summed E-state index contributed by atoms with van der Waals surface area (Å²) in [6.45, 7) is 8.06. The number of hydrogen-bond donors (Lipinski definition) is 2. The molecule has 29 heavy (non-hydrogen) atoms. The minimum Gasteiger partial charge on any atom is -0.404 e. The van der Waals surface area contributed by atoms with Crippen LogP contribution >= 0.6 is 20.7 Å². The first-order valence-corrected chi connectivity index (χ1v) is 12.6. The van der Waals surface area contributed by atoms with Crippen LogP contribution in [0.3, 0.4) is 0 Å². The third-order valence-electron chi connectivity index (χ3n) is 5.38. The summed E-state index contributed by atoms with van der Waals surface area (Å²) in [5.41, 5.74) is 3.25. The minimum atomic E-state index is -0.418. The van der Waals surface area contributed by atoms with Gasteiger partial charge in [0, 0.05) is 29.3 Å². The van der Waals surface area contributed by atoms with Crippen LogP contribution in [0.1, 0.15) is 38.2 Å². The predicted octanol–water partition coefficient (Wildman–Crippen LogP) is 5.74. The predicted molar refractivity (Wildman–Crippen MR) is 129 cm³/mol. The summed E-state index contributed by atoms with van der Waals surface area (Å²) in [7, 11) is 0. The number of allylic oxidation sites excluding steroid dienone is 2. The number of anilines is 1. The van der Waals surface area contributed by atoms with Crippen LogP contribution in [0.2, 0.25) is 0 Å². The number of piperidine rings is 1. The highest BCUT2D eigenvalue weighted by molar-refractivity contribution is 14.2. The SMILES string of the molecule is CC(C)CN1CCC(c2c[nH]c3ccc(NC(=O)OC4=IC=CC=C4)cc23)CC1. The molecule has 0 spiro atoms. The Balaban J connectivity index is 1.44. The number of amides is 1. The Morgan fingerprint density at radius 3 is 2.86 bits per heavy atom. The van der Waals surface area contributed by atoms with E-state index in [0.29, 0.717) is 11.8 Å². The Morgan fingerprint density at radius 1 is 1.31 bits per heavy atom. The van der Waals surface area contributed by atoms with Crippen LogP contribution in [0.4, 0.5) is 10.5 Å². The third-order valence-corrected chi connectivity index (χ3v) is 7.35. The normalized spacial score (nSPS) is 18.0. The van der Waals surface area contributed by atoms with Crippen molar-refractivity contribution in [1.82, 2.24) is 9.88 Å². The van der Waals surface area contributed by atoms with Gasteiger partial charge in [0.1, 0.15) is 0 Å². The van der Waals surface area contributed by atoms with E-state index in [9.17, 15) is 4.79 Å². The molecule has 0 aliphatic carbocycles. The number of likely N-dealkylation sites (tertiary alicyclic amines) is 1. The van der Waals surface area contributed by atoms with E-state index in [1.165, 1.54) is 30.3 Å². The average molecular weight is 505 g/mol. The molecular weight excluding hydrogens is 477 g/mol. The summed E-state index contributed by atoms with van der Waals surface area (Å²) in [5.74, 6) is 1.28. The number of nitrogens with one attached hydrogen (secondary N) is 2. The first kappa shape index (κ1) is 20.3. The molecule has 0 saturated carbocycles. The van der Waals surface area contributed by atoms with E-state index < -0.39 is 6.09 Å². The summed E-state index contributed by atoms with van der Waals surface area (Å²) in [4.78, 5) is 18.2. The fourth-order valence-electron chi connectivity index (χ4n) is 4.10. The molecule has 1 saturated heterocycles. The van der Waals surface area contributed by atoms with Gasteiger partial charge in [-0.2, -0.15) is 0 Å². The highest BCUT2D eigenvalue weighted by Gasteiger charge is 2.23. The minimum absolute atomic E-state index is 0.349. The van der Waals surface area contributed by atoms with Crippen LogP contribution in [0.25, 0.3) is 10.9 Å². The first-order valence-electron chi connectivity index (χ1n) is 10.2. The number of halogens is 1. The van der Waals surface area contributed by atoms with Crippen LogP contribution in [-0.4, -0.2) is 39.3 Å². The molecule has 0 bridgehead atoms.